The van der Waals surface area contributed by atoms with E-state index in [0.717, 1.165) is 5.82 Å². The second-order valence-electron chi connectivity index (χ2n) is 3.46. The van der Waals surface area contributed by atoms with Gasteiger partial charge in [0, 0.05) is 20.0 Å². The molecule has 90 valence electrons. The Labute approximate surface area is 102 Å². The Hall–Kier alpha value is -1.89. The molecule has 0 aromatic carbocycles. The summed E-state index contributed by atoms with van der Waals surface area (Å²) in [5.41, 5.74) is 0.105. The minimum absolute atomic E-state index is 0.109. The van der Waals surface area contributed by atoms with Gasteiger partial charge in [0.2, 0.25) is 0 Å². The second-order valence-corrected chi connectivity index (χ2v) is 3.84. The van der Waals surface area contributed by atoms with Crippen molar-refractivity contribution in [1.82, 2.24) is 25.0 Å². The molecule has 17 heavy (non-hydrogen) atoms. The van der Waals surface area contributed by atoms with E-state index < -0.39 is 5.56 Å². The highest BCUT2D eigenvalue weighted by molar-refractivity contribution is 6.32. The van der Waals surface area contributed by atoms with E-state index in [1.54, 1.807) is 6.33 Å². The van der Waals surface area contributed by atoms with E-state index in [9.17, 15) is 4.79 Å². The van der Waals surface area contributed by atoms with Gasteiger partial charge in [-0.3, -0.25) is 4.79 Å². The Morgan fingerprint density at radius 3 is 3.12 bits per heavy atom. The summed E-state index contributed by atoms with van der Waals surface area (Å²) in [6.45, 7) is 0.595. The summed E-state index contributed by atoms with van der Waals surface area (Å²) >= 11 is 5.81. The van der Waals surface area contributed by atoms with Crippen molar-refractivity contribution in [3.8, 4) is 0 Å². The van der Waals surface area contributed by atoms with E-state index in [0.29, 0.717) is 18.7 Å². The summed E-state index contributed by atoms with van der Waals surface area (Å²) < 4.78 is 1.83. The number of aryl methyl sites for hydroxylation is 1. The molecule has 2 N–H and O–H groups in total. The Morgan fingerprint density at radius 2 is 2.41 bits per heavy atom. The number of H-pyrrole nitrogens is 1. The summed E-state index contributed by atoms with van der Waals surface area (Å²) in [6, 6.07) is 0. The van der Waals surface area contributed by atoms with Crippen molar-refractivity contribution < 1.29 is 0 Å². The quantitative estimate of drug-likeness (QED) is 0.814. The third kappa shape index (κ3) is 2.62. The molecular formula is C9H11ClN6O. The van der Waals surface area contributed by atoms with Crippen LogP contribution in [-0.4, -0.2) is 31.5 Å². The number of aromatic nitrogens is 5. The Kier molecular flexibility index (Phi) is 3.38. The van der Waals surface area contributed by atoms with Gasteiger partial charge in [-0.05, 0) is 0 Å². The van der Waals surface area contributed by atoms with E-state index in [-0.39, 0.29) is 5.02 Å². The summed E-state index contributed by atoms with van der Waals surface area (Å²) in [5, 5.41) is 16.8. The van der Waals surface area contributed by atoms with Crippen LogP contribution in [0.15, 0.2) is 17.3 Å². The Morgan fingerprint density at radius 1 is 1.59 bits per heavy atom. The van der Waals surface area contributed by atoms with Crippen molar-refractivity contribution in [1.29, 1.82) is 0 Å². The van der Waals surface area contributed by atoms with Crippen molar-refractivity contribution in [3.05, 3.63) is 33.7 Å². The van der Waals surface area contributed by atoms with E-state index in [2.05, 4.69) is 25.7 Å². The van der Waals surface area contributed by atoms with Crippen molar-refractivity contribution in [3.63, 3.8) is 0 Å². The van der Waals surface area contributed by atoms with Crippen LogP contribution in [0.25, 0.3) is 0 Å². The number of hydrogen-bond donors (Lipinski definition) is 2. The first-order chi connectivity index (χ1) is 8.18. The number of halogens is 1. The molecule has 0 aliphatic rings. The van der Waals surface area contributed by atoms with Crippen LogP contribution >= 0.6 is 11.6 Å². The molecule has 0 spiro atoms. The molecule has 2 aromatic heterocycles. The van der Waals surface area contributed by atoms with E-state index in [4.69, 9.17) is 11.6 Å². The Bertz CT molecular complexity index is 563. The summed E-state index contributed by atoms with van der Waals surface area (Å²) in [5.74, 6) is 0.853. The van der Waals surface area contributed by atoms with Gasteiger partial charge in [-0.1, -0.05) is 11.6 Å². The normalized spacial score (nSPS) is 10.5. The molecular weight excluding hydrogens is 244 g/mol. The molecule has 0 aliphatic carbocycles. The summed E-state index contributed by atoms with van der Waals surface area (Å²) in [6.07, 6.45) is 3.79. The van der Waals surface area contributed by atoms with E-state index >= 15 is 0 Å². The van der Waals surface area contributed by atoms with Crippen LogP contribution in [0.5, 0.6) is 0 Å². The zero-order valence-corrected chi connectivity index (χ0v) is 9.90. The molecule has 0 amide bonds. The minimum atomic E-state index is -0.407. The lowest BCUT2D eigenvalue weighted by Gasteiger charge is -2.06. The monoisotopic (exact) mass is 254 g/mol. The fourth-order valence-corrected chi connectivity index (χ4v) is 1.51. The zero-order chi connectivity index (χ0) is 12.3. The van der Waals surface area contributed by atoms with Crippen molar-refractivity contribution in [2.24, 2.45) is 7.05 Å². The van der Waals surface area contributed by atoms with Gasteiger partial charge in [-0.15, -0.1) is 10.2 Å². The number of hydrogen-bond acceptors (Lipinski definition) is 5. The topological polar surface area (TPSA) is 88.5 Å². The average molecular weight is 255 g/mol. The maximum Gasteiger partial charge on any atom is 0.285 e. The van der Waals surface area contributed by atoms with Crippen LogP contribution in [0, 0.1) is 0 Å². The smallest absolute Gasteiger partial charge is 0.285 e. The van der Waals surface area contributed by atoms with Gasteiger partial charge < -0.3 is 9.88 Å². The Balaban J connectivity index is 1.97. The molecule has 0 bridgehead atoms. The van der Waals surface area contributed by atoms with Gasteiger partial charge in [-0.2, -0.15) is 5.10 Å². The molecule has 0 saturated heterocycles. The SMILES string of the molecule is Cn1cnnc1CCNc1cn[nH]c(=O)c1Cl. The third-order valence-electron chi connectivity index (χ3n) is 2.26. The minimum Gasteiger partial charge on any atom is -0.382 e. The van der Waals surface area contributed by atoms with Crippen molar-refractivity contribution in [2.75, 3.05) is 11.9 Å². The molecule has 0 aliphatic heterocycles. The fraction of sp³-hybridized carbons (Fsp3) is 0.333. The molecule has 0 fully saturated rings. The van der Waals surface area contributed by atoms with E-state index in [1.165, 1.54) is 6.20 Å². The van der Waals surface area contributed by atoms with Crippen LogP contribution in [0.2, 0.25) is 5.02 Å². The summed E-state index contributed by atoms with van der Waals surface area (Å²) in [7, 11) is 1.87. The number of nitrogens with zero attached hydrogens (tertiary/aromatic N) is 4. The van der Waals surface area contributed by atoms with Gasteiger partial charge in [0.25, 0.3) is 5.56 Å². The highest BCUT2D eigenvalue weighted by atomic mass is 35.5. The predicted molar refractivity (Wildman–Crippen MR) is 63.1 cm³/mol. The highest BCUT2D eigenvalue weighted by Gasteiger charge is 2.05. The maximum absolute atomic E-state index is 11.2. The van der Waals surface area contributed by atoms with Crippen LogP contribution in [0.4, 0.5) is 5.69 Å². The van der Waals surface area contributed by atoms with Gasteiger partial charge in [0.15, 0.2) is 0 Å². The molecule has 7 nitrogen and oxygen atoms in total. The number of rotatable bonds is 4. The molecule has 2 rings (SSSR count). The zero-order valence-electron chi connectivity index (χ0n) is 9.14. The van der Waals surface area contributed by atoms with Crippen LogP contribution in [0.1, 0.15) is 5.82 Å². The molecule has 0 atom stereocenters. The first kappa shape index (κ1) is 11.6. The average Bonchev–Trinajstić information content (AvgIpc) is 2.71. The van der Waals surface area contributed by atoms with Gasteiger partial charge >= 0.3 is 0 Å². The third-order valence-corrected chi connectivity index (χ3v) is 2.64. The van der Waals surface area contributed by atoms with Crippen LogP contribution in [0.3, 0.4) is 0 Å². The molecule has 0 saturated carbocycles. The number of nitrogens with one attached hydrogen (secondary N) is 2. The molecule has 8 heteroatoms. The van der Waals surface area contributed by atoms with Crippen LogP contribution in [-0.2, 0) is 13.5 Å². The fourth-order valence-electron chi connectivity index (χ4n) is 1.35. The molecule has 2 heterocycles. The van der Waals surface area contributed by atoms with Crippen molar-refractivity contribution >= 4 is 17.3 Å². The number of anilines is 1. The van der Waals surface area contributed by atoms with Gasteiger partial charge in [-0.25, -0.2) is 5.10 Å². The molecule has 0 unspecified atom stereocenters. The molecule has 0 radical (unpaired) electrons. The van der Waals surface area contributed by atoms with Crippen LogP contribution < -0.4 is 10.9 Å². The first-order valence-corrected chi connectivity index (χ1v) is 5.36. The summed E-state index contributed by atoms with van der Waals surface area (Å²) in [4.78, 5) is 11.2. The second kappa shape index (κ2) is 4.96. The number of aromatic amines is 1. The van der Waals surface area contributed by atoms with Gasteiger partial charge in [0.1, 0.15) is 17.2 Å². The standard InChI is InChI=1S/C9H11ClN6O/c1-16-5-13-14-7(16)2-3-11-6-4-12-15-9(17)8(6)10/h4-5H,2-3H2,1H3,(H2,11,15,17). The maximum atomic E-state index is 11.2. The lowest BCUT2D eigenvalue weighted by atomic mass is 10.3. The first-order valence-electron chi connectivity index (χ1n) is 4.98. The van der Waals surface area contributed by atoms with Gasteiger partial charge in [0.05, 0.1) is 11.9 Å². The van der Waals surface area contributed by atoms with Crippen molar-refractivity contribution in [2.45, 2.75) is 6.42 Å². The molecule has 2 aromatic rings. The van der Waals surface area contributed by atoms with E-state index in [1.807, 2.05) is 11.6 Å². The highest BCUT2D eigenvalue weighted by Crippen LogP contribution is 2.13. The lowest BCUT2D eigenvalue weighted by Crippen LogP contribution is -2.14. The predicted octanol–water partition coefficient (Wildman–Crippen LogP) is 0.206. The largest absolute Gasteiger partial charge is 0.382 e. The lowest BCUT2D eigenvalue weighted by molar-refractivity contribution is 0.788.